The van der Waals surface area contributed by atoms with Gasteiger partial charge in [0.2, 0.25) is 0 Å². The van der Waals surface area contributed by atoms with E-state index in [1.807, 2.05) is 6.92 Å². The largest absolute Gasteiger partial charge is 1.00 e. The van der Waals surface area contributed by atoms with Crippen molar-refractivity contribution < 1.29 is 22.0 Å². The third-order valence-corrected chi connectivity index (χ3v) is 12.2. The molecule has 0 spiro atoms. The van der Waals surface area contributed by atoms with Crippen LogP contribution in [0.2, 0.25) is 0 Å². The van der Waals surface area contributed by atoms with Gasteiger partial charge < -0.3 is 22.0 Å². The third kappa shape index (κ3) is 44.6. The van der Waals surface area contributed by atoms with Gasteiger partial charge in [-0.25, -0.2) is 0 Å². The SMILES string of the molecule is CCCCCCCCCCCCCCCCCCCCCC[N+](C)(CCCCCCCCCCCCCCCCCCCCCC)CCC(C)O.[Cl-]. The summed E-state index contributed by atoms with van der Waals surface area (Å²) in [6.07, 6.45) is 58.8. The van der Waals surface area contributed by atoms with Crippen LogP contribution in [0, 0.1) is 0 Å². The molecule has 0 radical (unpaired) electrons. The fourth-order valence-corrected chi connectivity index (χ4v) is 8.33. The first kappa shape index (κ1) is 54.3. The molecule has 0 saturated heterocycles. The second-order valence-electron chi connectivity index (χ2n) is 17.9. The number of aliphatic hydroxyl groups is 1. The highest BCUT2D eigenvalue weighted by Crippen LogP contribution is 2.18. The first-order valence-corrected chi connectivity index (χ1v) is 24.6. The Morgan fingerprint density at radius 2 is 0.481 bits per heavy atom. The average molecular weight is 757 g/mol. The van der Waals surface area contributed by atoms with E-state index in [1.165, 1.54) is 274 Å². The van der Waals surface area contributed by atoms with Gasteiger partial charge in [0.25, 0.3) is 0 Å². The number of nitrogens with zero attached hydrogens (tertiary/aromatic N) is 1. The highest BCUT2D eigenvalue weighted by Gasteiger charge is 2.21. The van der Waals surface area contributed by atoms with E-state index < -0.39 is 0 Å². The smallest absolute Gasteiger partial charge is 0.0809 e. The van der Waals surface area contributed by atoms with E-state index in [0.717, 1.165) is 13.0 Å². The zero-order valence-corrected chi connectivity index (χ0v) is 37.7. The zero-order valence-electron chi connectivity index (χ0n) is 37.0. The molecule has 0 amide bonds. The maximum atomic E-state index is 9.99. The summed E-state index contributed by atoms with van der Waals surface area (Å²) < 4.78 is 1.18. The van der Waals surface area contributed by atoms with Crippen molar-refractivity contribution in [3.05, 3.63) is 0 Å². The van der Waals surface area contributed by atoms with E-state index >= 15 is 0 Å². The Morgan fingerprint density at radius 3 is 0.654 bits per heavy atom. The van der Waals surface area contributed by atoms with Crippen molar-refractivity contribution in [3.63, 3.8) is 0 Å². The molecule has 0 fully saturated rings. The van der Waals surface area contributed by atoms with Gasteiger partial charge in [-0.3, -0.25) is 0 Å². The molecule has 0 aliphatic carbocycles. The maximum Gasteiger partial charge on any atom is 0.0809 e. The monoisotopic (exact) mass is 756 g/mol. The number of aliphatic hydroxyl groups excluding tert-OH is 1. The minimum absolute atomic E-state index is 0. The van der Waals surface area contributed by atoms with Gasteiger partial charge in [0, 0.05) is 6.42 Å². The number of rotatable bonds is 45. The zero-order chi connectivity index (χ0) is 37.2. The molecule has 0 heterocycles. The molecule has 2 nitrogen and oxygen atoms in total. The van der Waals surface area contributed by atoms with Gasteiger partial charge in [-0.2, -0.15) is 0 Å². The fourth-order valence-electron chi connectivity index (χ4n) is 8.33. The minimum atomic E-state index is -0.160. The molecule has 0 aliphatic rings. The number of unbranched alkanes of at least 4 members (excludes halogenated alkanes) is 38. The molecule has 1 N–H and O–H groups in total. The average Bonchev–Trinajstić information content (AvgIpc) is 3.12. The van der Waals surface area contributed by atoms with E-state index in [1.54, 1.807) is 0 Å². The Bertz CT molecular complexity index is 580. The summed E-state index contributed by atoms with van der Waals surface area (Å²) in [4.78, 5) is 0. The molecular weight excluding hydrogens is 654 g/mol. The van der Waals surface area contributed by atoms with Crippen molar-refractivity contribution in [2.45, 2.75) is 290 Å². The summed E-state index contributed by atoms with van der Waals surface area (Å²) in [5.74, 6) is 0. The lowest BCUT2D eigenvalue weighted by atomic mass is 10.0. The fraction of sp³-hybridized carbons (Fsp3) is 1.00. The topological polar surface area (TPSA) is 20.2 Å². The highest BCUT2D eigenvalue weighted by atomic mass is 35.5. The van der Waals surface area contributed by atoms with Crippen LogP contribution in [0.1, 0.15) is 284 Å². The summed E-state index contributed by atoms with van der Waals surface area (Å²) in [5.41, 5.74) is 0. The predicted molar refractivity (Wildman–Crippen MR) is 233 cm³/mol. The van der Waals surface area contributed by atoms with Gasteiger partial charge in [-0.15, -0.1) is 0 Å². The van der Waals surface area contributed by atoms with Gasteiger partial charge in [0.05, 0.1) is 32.8 Å². The standard InChI is InChI=1S/C49H102NO.ClH/c1-5-7-9-11-13-15-17-19-21-23-25-27-29-31-33-35-37-39-41-43-46-50(4,48-45-49(3)51)47-44-42-40-38-36-34-32-30-28-26-24-22-20-18-16-14-12-10-8-6-2;/h49,51H,5-48H2,1-4H3;1H/q+1;/p-1. The van der Waals surface area contributed by atoms with Crippen molar-refractivity contribution in [1.82, 2.24) is 0 Å². The van der Waals surface area contributed by atoms with Crippen molar-refractivity contribution in [3.8, 4) is 0 Å². The lowest BCUT2D eigenvalue weighted by Crippen LogP contribution is -3.00. The molecule has 0 saturated carbocycles. The number of hydrogen-bond donors (Lipinski definition) is 1. The van der Waals surface area contributed by atoms with Crippen LogP contribution in [0.5, 0.6) is 0 Å². The Morgan fingerprint density at radius 1 is 0.308 bits per heavy atom. The second-order valence-corrected chi connectivity index (χ2v) is 17.9. The van der Waals surface area contributed by atoms with Gasteiger partial charge >= 0.3 is 0 Å². The lowest BCUT2D eigenvalue weighted by molar-refractivity contribution is -0.910. The van der Waals surface area contributed by atoms with Crippen LogP contribution in [-0.4, -0.2) is 42.4 Å². The molecule has 1 unspecified atom stereocenters. The molecular formula is C49H102ClNO. The second kappa shape index (κ2) is 45.6. The molecule has 0 aromatic rings. The molecule has 52 heavy (non-hydrogen) atoms. The predicted octanol–water partition coefficient (Wildman–Crippen LogP) is 13.9. The van der Waals surface area contributed by atoms with E-state index in [9.17, 15) is 5.11 Å². The van der Waals surface area contributed by atoms with E-state index in [-0.39, 0.29) is 18.5 Å². The number of quaternary nitrogens is 1. The summed E-state index contributed by atoms with van der Waals surface area (Å²) in [6.45, 7) is 10.4. The number of hydrogen-bond acceptors (Lipinski definition) is 1. The first-order valence-electron chi connectivity index (χ1n) is 24.6. The molecule has 0 aromatic heterocycles. The van der Waals surface area contributed by atoms with Crippen LogP contribution in [-0.2, 0) is 0 Å². The quantitative estimate of drug-likeness (QED) is 0.0485. The summed E-state index contributed by atoms with van der Waals surface area (Å²) in [5, 5.41) is 9.99. The summed E-state index contributed by atoms with van der Waals surface area (Å²) in [7, 11) is 2.48. The van der Waals surface area contributed by atoms with E-state index in [4.69, 9.17) is 0 Å². The Balaban J connectivity index is 0. The van der Waals surface area contributed by atoms with Crippen molar-refractivity contribution in [1.29, 1.82) is 0 Å². The molecule has 0 aromatic carbocycles. The van der Waals surface area contributed by atoms with Crippen LogP contribution in [0.15, 0.2) is 0 Å². The van der Waals surface area contributed by atoms with Crippen molar-refractivity contribution in [2.75, 3.05) is 26.7 Å². The molecule has 1 atom stereocenters. The Labute approximate surface area is 337 Å². The Kier molecular flexibility index (Phi) is 47.6. The summed E-state index contributed by atoms with van der Waals surface area (Å²) in [6, 6.07) is 0. The van der Waals surface area contributed by atoms with E-state index in [2.05, 4.69) is 20.9 Å². The van der Waals surface area contributed by atoms with Crippen LogP contribution >= 0.6 is 0 Å². The number of halogens is 1. The molecule has 0 rings (SSSR count). The third-order valence-electron chi connectivity index (χ3n) is 12.2. The maximum absolute atomic E-state index is 9.99. The Hall–Kier alpha value is 0.210. The van der Waals surface area contributed by atoms with Gasteiger partial charge in [0.15, 0.2) is 0 Å². The minimum Gasteiger partial charge on any atom is -1.00 e. The van der Waals surface area contributed by atoms with E-state index in [0.29, 0.717) is 0 Å². The molecule has 3 heteroatoms. The highest BCUT2D eigenvalue weighted by molar-refractivity contribution is 4.55. The molecule has 0 aliphatic heterocycles. The van der Waals surface area contributed by atoms with Crippen LogP contribution < -0.4 is 12.4 Å². The van der Waals surface area contributed by atoms with Gasteiger partial charge in [0.1, 0.15) is 0 Å². The van der Waals surface area contributed by atoms with Crippen LogP contribution in [0.4, 0.5) is 0 Å². The van der Waals surface area contributed by atoms with Crippen LogP contribution in [0.25, 0.3) is 0 Å². The van der Waals surface area contributed by atoms with Crippen molar-refractivity contribution in [2.24, 2.45) is 0 Å². The first-order chi connectivity index (χ1) is 25.0. The van der Waals surface area contributed by atoms with Crippen molar-refractivity contribution >= 4 is 0 Å². The molecule has 316 valence electrons. The normalized spacial score (nSPS) is 12.4. The van der Waals surface area contributed by atoms with Gasteiger partial charge in [-0.05, 0) is 32.6 Å². The lowest BCUT2D eigenvalue weighted by Gasteiger charge is -2.35. The van der Waals surface area contributed by atoms with Crippen LogP contribution in [0.3, 0.4) is 0 Å². The molecule has 0 bridgehead atoms. The summed E-state index contributed by atoms with van der Waals surface area (Å²) >= 11 is 0. The van der Waals surface area contributed by atoms with Gasteiger partial charge in [-0.1, -0.05) is 245 Å².